The number of amides is 1. The van der Waals surface area contributed by atoms with E-state index in [1.807, 2.05) is 12.1 Å². The van der Waals surface area contributed by atoms with Gasteiger partial charge in [-0.25, -0.2) is 23.8 Å². The van der Waals surface area contributed by atoms with Crippen LogP contribution in [-0.4, -0.2) is 89.7 Å². The van der Waals surface area contributed by atoms with Gasteiger partial charge in [-0.05, 0) is 69.9 Å². The van der Waals surface area contributed by atoms with Crippen LogP contribution in [0.4, 0.5) is 37.5 Å². The lowest BCUT2D eigenvalue weighted by Gasteiger charge is -2.49. The molecule has 2 N–H and O–H groups in total. The lowest BCUT2D eigenvalue weighted by Crippen LogP contribution is -2.61. The first-order valence-corrected chi connectivity index (χ1v) is 17.6. The van der Waals surface area contributed by atoms with Crippen LogP contribution in [0.15, 0.2) is 55.4 Å². The van der Waals surface area contributed by atoms with E-state index in [2.05, 4.69) is 55.7 Å². The maximum Gasteiger partial charge on any atom is 0.247 e. The molecule has 0 bridgehead atoms. The van der Waals surface area contributed by atoms with E-state index >= 15 is 0 Å². The molecule has 1 saturated carbocycles. The second-order valence-electron chi connectivity index (χ2n) is 13.8. The molecule has 4 aliphatic rings. The van der Waals surface area contributed by atoms with E-state index in [1.165, 1.54) is 36.4 Å². The number of hydrogen-bond donors (Lipinski definition) is 2. The Morgan fingerprint density at radius 2 is 1.68 bits per heavy atom. The fourth-order valence-corrected chi connectivity index (χ4v) is 7.84. The molecule has 11 nitrogen and oxygen atoms in total. The van der Waals surface area contributed by atoms with Crippen LogP contribution < -0.4 is 25.3 Å². The number of hydroxylamine groups is 1. The molecule has 1 amide bonds. The second kappa shape index (κ2) is 14.5. The number of ether oxygens (including phenoxy) is 1. The van der Waals surface area contributed by atoms with E-state index in [0.717, 1.165) is 62.9 Å². The zero-order chi connectivity index (χ0) is 34.9. The third kappa shape index (κ3) is 7.12. The largest absolute Gasteiger partial charge is 0.494 e. The Morgan fingerprint density at radius 3 is 2.36 bits per heavy atom. The summed E-state index contributed by atoms with van der Waals surface area (Å²) in [5, 5.41) is 7.78. The first-order chi connectivity index (χ1) is 24.2. The quantitative estimate of drug-likeness (QED) is 0.246. The van der Waals surface area contributed by atoms with Crippen LogP contribution in [0.2, 0.25) is 0 Å². The van der Waals surface area contributed by atoms with Crippen molar-refractivity contribution in [2.45, 2.75) is 76.2 Å². The van der Waals surface area contributed by atoms with E-state index in [9.17, 15) is 13.6 Å². The van der Waals surface area contributed by atoms with Gasteiger partial charge in [-0.1, -0.05) is 6.58 Å². The van der Waals surface area contributed by atoms with Gasteiger partial charge in [0.25, 0.3) is 0 Å². The number of rotatable bonds is 10. The van der Waals surface area contributed by atoms with Gasteiger partial charge in [-0.15, -0.1) is 0 Å². The maximum atomic E-state index is 14.7. The number of carbonyl (C=O) groups excluding carboxylic acids is 1. The molecule has 4 heterocycles. The number of aromatic nitrogens is 2. The first kappa shape index (κ1) is 34.1. The summed E-state index contributed by atoms with van der Waals surface area (Å²) in [5.41, 5.74) is 2.26. The van der Waals surface area contributed by atoms with E-state index in [1.54, 1.807) is 13.2 Å². The summed E-state index contributed by atoms with van der Waals surface area (Å²) in [6.45, 7) is 12.7. The average molecular weight is 689 g/mol. The highest BCUT2D eigenvalue weighted by molar-refractivity contribution is 6.02. The SMILES string of the molecule is C=CC(=O)Nc1cc(Nc2cc(N3OCCC3c3cc(F)ccc3F)ncn2)c(OC)cc1N1CCC(N2C[C@H](C)N(C3CC3)C[C@@H]2C)CC1. The van der Waals surface area contributed by atoms with Gasteiger partial charge >= 0.3 is 0 Å². The highest BCUT2D eigenvalue weighted by Crippen LogP contribution is 2.41. The molecule has 3 aliphatic heterocycles. The molecule has 1 unspecified atom stereocenters. The van der Waals surface area contributed by atoms with Gasteiger partial charge in [0.1, 0.15) is 29.5 Å². The average Bonchev–Trinajstić information content (AvgIpc) is 3.85. The molecule has 50 heavy (non-hydrogen) atoms. The molecule has 3 atom stereocenters. The monoisotopic (exact) mass is 688 g/mol. The molecule has 13 heteroatoms. The number of nitrogens with one attached hydrogen (secondary N) is 2. The molecule has 3 saturated heterocycles. The molecule has 2 aromatic carbocycles. The van der Waals surface area contributed by atoms with Crippen molar-refractivity contribution < 1.29 is 23.1 Å². The van der Waals surface area contributed by atoms with Gasteiger partial charge in [-0.3, -0.25) is 19.4 Å². The van der Waals surface area contributed by atoms with Crippen LogP contribution in [0, 0.1) is 11.6 Å². The zero-order valence-corrected chi connectivity index (χ0v) is 28.9. The van der Waals surface area contributed by atoms with Crippen molar-refractivity contribution in [3.05, 3.63) is 72.6 Å². The van der Waals surface area contributed by atoms with Gasteiger partial charge in [0.15, 0.2) is 5.82 Å². The molecule has 1 aromatic heterocycles. The fraction of sp³-hybridized carbons (Fsp3) is 0.486. The third-order valence-corrected chi connectivity index (χ3v) is 10.5. The molecule has 7 rings (SSSR count). The minimum absolute atomic E-state index is 0.194. The van der Waals surface area contributed by atoms with Gasteiger partial charge < -0.3 is 20.3 Å². The second-order valence-corrected chi connectivity index (χ2v) is 13.8. The number of piperidine rings is 1. The summed E-state index contributed by atoms with van der Waals surface area (Å²) in [4.78, 5) is 34.9. The predicted octanol–water partition coefficient (Wildman–Crippen LogP) is 6.04. The number of halogens is 2. The number of anilines is 5. The lowest BCUT2D eigenvalue weighted by atomic mass is 9.97. The van der Waals surface area contributed by atoms with E-state index in [-0.39, 0.29) is 11.5 Å². The van der Waals surface area contributed by atoms with Crippen LogP contribution >= 0.6 is 0 Å². The molecule has 3 aromatic rings. The summed E-state index contributed by atoms with van der Waals surface area (Å²) in [7, 11) is 1.60. The highest BCUT2D eigenvalue weighted by Gasteiger charge is 2.40. The summed E-state index contributed by atoms with van der Waals surface area (Å²) < 4.78 is 34.6. The van der Waals surface area contributed by atoms with Crippen molar-refractivity contribution in [2.75, 3.05) is 60.5 Å². The first-order valence-electron chi connectivity index (χ1n) is 17.6. The smallest absolute Gasteiger partial charge is 0.247 e. The van der Waals surface area contributed by atoms with E-state index < -0.39 is 17.7 Å². The van der Waals surface area contributed by atoms with E-state index in [0.29, 0.717) is 59.9 Å². The molecule has 0 radical (unpaired) electrons. The minimum Gasteiger partial charge on any atom is -0.494 e. The van der Waals surface area contributed by atoms with E-state index in [4.69, 9.17) is 9.57 Å². The third-order valence-electron chi connectivity index (χ3n) is 10.5. The molecule has 1 aliphatic carbocycles. The fourth-order valence-electron chi connectivity index (χ4n) is 7.84. The molecule has 0 spiro atoms. The molecule has 4 fully saturated rings. The summed E-state index contributed by atoms with van der Waals surface area (Å²) in [5.74, 6) is 0.00335. The number of hydrogen-bond acceptors (Lipinski definition) is 10. The number of nitrogens with zero attached hydrogens (tertiary/aromatic N) is 6. The number of methoxy groups -OCH3 is 1. The lowest BCUT2D eigenvalue weighted by molar-refractivity contribution is -0.111. The Labute approximate surface area is 292 Å². The summed E-state index contributed by atoms with van der Waals surface area (Å²) in [6.07, 6.45) is 7.82. The van der Waals surface area contributed by atoms with Crippen LogP contribution in [0.3, 0.4) is 0 Å². The van der Waals surface area contributed by atoms with Crippen LogP contribution in [0.1, 0.15) is 57.6 Å². The van der Waals surface area contributed by atoms with Crippen molar-refractivity contribution in [3.63, 3.8) is 0 Å². The van der Waals surface area contributed by atoms with Gasteiger partial charge in [-0.2, -0.15) is 0 Å². The Balaban J connectivity index is 1.09. The summed E-state index contributed by atoms with van der Waals surface area (Å²) >= 11 is 0. The highest BCUT2D eigenvalue weighted by atomic mass is 19.1. The van der Waals surface area contributed by atoms with Crippen LogP contribution in [0.25, 0.3) is 0 Å². The van der Waals surface area contributed by atoms with Crippen molar-refractivity contribution in [3.8, 4) is 5.75 Å². The predicted molar refractivity (Wildman–Crippen MR) is 190 cm³/mol. The summed E-state index contributed by atoms with van der Waals surface area (Å²) in [6, 6.07) is 10.7. The Kier molecular flexibility index (Phi) is 9.89. The minimum atomic E-state index is -0.564. The van der Waals surface area contributed by atoms with Gasteiger partial charge in [0.2, 0.25) is 5.91 Å². The topological polar surface area (TPSA) is 98.3 Å². The Bertz CT molecular complexity index is 1720. The van der Waals surface area contributed by atoms with Crippen molar-refractivity contribution in [2.24, 2.45) is 0 Å². The molecular formula is C37H46F2N8O3. The van der Waals surface area contributed by atoms with Crippen molar-refractivity contribution in [1.29, 1.82) is 0 Å². The van der Waals surface area contributed by atoms with Crippen molar-refractivity contribution >= 4 is 34.6 Å². The zero-order valence-electron chi connectivity index (χ0n) is 28.9. The Hall–Kier alpha value is -4.33. The van der Waals surface area contributed by atoms with Crippen LogP contribution in [0.5, 0.6) is 5.75 Å². The standard InChI is InChI=1S/C37H46F2N8O3/c1-5-37(48)43-30-17-31(42-35-19-36(41-22-40-35)47-32(12-15-50-47)28-16-25(38)6-9-29(28)39)34(49-4)18-33(30)44-13-10-27(11-14-44)46-21-23(2)45(20-24(46)3)26-7-8-26/h5-6,9,16-19,22-24,26-27,32H,1,7-8,10-15,20-21H2,2-4H3,(H,43,48)(H,40,41,42)/t23-,24-,32?/m0/s1. The number of benzene rings is 2. The number of piperazine rings is 1. The van der Waals surface area contributed by atoms with Crippen molar-refractivity contribution in [1.82, 2.24) is 19.8 Å². The number of carbonyl (C=O) groups is 1. The van der Waals surface area contributed by atoms with Gasteiger partial charge in [0, 0.05) is 74.5 Å². The molecule has 266 valence electrons. The maximum absolute atomic E-state index is 14.7. The van der Waals surface area contributed by atoms with Crippen LogP contribution in [-0.2, 0) is 9.63 Å². The van der Waals surface area contributed by atoms with Gasteiger partial charge in [0.05, 0.1) is 36.8 Å². The normalized spacial score (nSPS) is 23.6. The Morgan fingerprint density at radius 1 is 0.960 bits per heavy atom. The molecular weight excluding hydrogens is 642 g/mol.